The van der Waals surface area contributed by atoms with E-state index in [0.29, 0.717) is 12.5 Å². The lowest BCUT2D eigenvalue weighted by Crippen LogP contribution is -2.41. The van der Waals surface area contributed by atoms with Gasteiger partial charge < -0.3 is 0 Å². The lowest BCUT2D eigenvalue weighted by molar-refractivity contribution is 0.193. The number of hydrogen-bond donors (Lipinski definition) is 1. The molecule has 7 heteroatoms. The van der Waals surface area contributed by atoms with Crippen LogP contribution in [0.3, 0.4) is 0 Å². The Morgan fingerprint density at radius 1 is 1.26 bits per heavy atom. The van der Waals surface area contributed by atoms with Crippen LogP contribution in [-0.2, 0) is 20.6 Å². The Kier molecular flexibility index (Phi) is 4.21. The van der Waals surface area contributed by atoms with Gasteiger partial charge in [0.2, 0.25) is 0 Å². The first-order chi connectivity index (χ1) is 11.0. The van der Waals surface area contributed by atoms with Crippen LogP contribution in [0.1, 0.15) is 35.8 Å². The highest BCUT2D eigenvalue weighted by Gasteiger charge is 2.24. The second kappa shape index (κ2) is 6.16. The molecule has 0 aromatic carbocycles. The van der Waals surface area contributed by atoms with Crippen LogP contribution in [0.5, 0.6) is 0 Å². The monoisotopic (exact) mass is 317 g/mol. The van der Waals surface area contributed by atoms with Crippen molar-refractivity contribution in [3.8, 4) is 0 Å². The smallest absolute Gasteiger partial charge is 0.299 e. The number of nitrogens with zero attached hydrogens (tertiary/aromatic N) is 4. The maximum atomic E-state index is 12.0. The number of likely N-dealkylation sites (tertiary alicyclic amines) is 1. The first-order valence-corrected chi connectivity index (χ1v) is 7.96. The van der Waals surface area contributed by atoms with Gasteiger partial charge in [-0.05, 0) is 32.4 Å². The fraction of sp³-hybridized carbons (Fsp3) is 0.562. The molecule has 23 heavy (non-hydrogen) atoms. The van der Waals surface area contributed by atoms with Crippen molar-refractivity contribution in [1.82, 2.24) is 24.2 Å². The molecule has 1 saturated heterocycles. The van der Waals surface area contributed by atoms with Crippen molar-refractivity contribution >= 4 is 0 Å². The molecule has 0 spiro atoms. The summed E-state index contributed by atoms with van der Waals surface area (Å²) in [6.07, 6.45) is 2.21. The van der Waals surface area contributed by atoms with E-state index in [0.717, 1.165) is 47.6 Å². The van der Waals surface area contributed by atoms with Crippen molar-refractivity contribution < 1.29 is 0 Å². The summed E-state index contributed by atoms with van der Waals surface area (Å²) < 4.78 is 2.69. The third kappa shape index (κ3) is 3.14. The predicted molar refractivity (Wildman–Crippen MR) is 87.5 cm³/mol. The van der Waals surface area contributed by atoms with Crippen molar-refractivity contribution in [3.05, 3.63) is 50.1 Å². The summed E-state index contributed by atoms with van der Waals surface area (Å²) in [6.45, 7) is 4.49. The van der Waals surface area contributed by atoms with Gasteiger partial charge in [0.15, 0.2) is 0 Å². The van der Waals surface area contributed by atoms with Crippen molar-refractivity contribution in [2.45, 2.75) is 32.2 Å². The van der Waals surface area contributed by atoms with Gasteiger partial charge in [0.05, 0.1) is 5.69 Å². The molecular formula is C16H23N5O2. The highest BCUT2D eigenvalue weighted by Crippen LogP contribution is 2.26. The number of hydrogen-bond acceptors (Lipinski definition) is 4. The van der Waals surface area contributed by atoms with Crippen LogP contribution < -0.4 is 11.2 Å². The van der Waals surface area contributed by atoms with Gasteiger partial charge >= 0.3 is 5.69 Å². The van der Waals surface area contributed by atoms with E-state index >= 15 is 0 Å². The van der Waals surface area contributed by atoms with E-state index in [1.807, 2.05) is 6.92 Å². The van der Waals surface area contributed by atoms with Gasteiger partial charge in [-0.3, -0.25) is 23.9 Å². The molecular weight excluding hydrogens is 294 g/mol. The van der Waals surface area contributed by atoms with Crippen LogP contribution in [0.4, 0.5) is 0 Å². The van der Waals surface area contributed by atoms with Gasteiger partial charge in [0.1, 0.15) is 0 Å². The standard InChI is InChI=1S/C16H23N5O2/c1-11-7-14(18-17-11)12-5-4-6-21(9-12)10-13-8-15(22)20(3)16(23)19(13)2/h7-8,12H,4-6,9-10H2,1-3H3,(H,17,18)/t12-/m1/s1. The molecule has 1 fully saturated rings. The number of piperidine rings is 1. The van der Waals surface area contributed by atoms with Crippen molar-refractivity contribution in [2.24, 2.45) is 14.1 Å². The molecule has 0 amide bonds. The molecule has 1 aliphatic rings. The molecule has 0 saturated carbocycles. The lowest BCUT2D eigenvalue weighted by Gasteiger charge is -2.32. The van der Waals surface area contributed by atoms with Crippen molar-refractivity contribution in [1.29, 1.82) is 0 Å². The summed E-state index contributed by atoms with van der Waals surface area (Å²) in [7, 11) is 3.22. The molecule has 2 aromatic rings. The Hall–Kier alpha value is -2.15. The second-order valence-electron chi connectivity index (χ2n) is 6.42. The van der Waals surface area contributed by atoms with Crippen LogP contribution in [0.15, 0.2) is 21.7 Å². The normalized spacial score (nSPS) is 19.2. The summed E-state index contributed by atoms with van der Waals surface area (Å²) in [5.74, 6) is 0.400. The summed E-state index contributed by atoms with van der Waals surface area (Å²) in [5, 5.41) is 7.38. The Balaban J connectivity index is 1.78. The quantitative estimate of drug-likeness (QED) is 0.894. The number of rotatable bonds is 3. The summed E-state index contributed by atoms with van der Waals surface area (Å²) in [4.78, 5) is 26.2. The molecule has 124 valence electrons. The molecule has 0 unspecified atom stereocenters. The van der Waals surface area contributed by atoms with E-state index in [1.165, 1.54) is 7.05 Å². The molecule has 1 aliphatic heterocycles. The lowest BCUT2D eigenvalue weighted by atomic mass is 9.94. The molecule has 3 rings (SSSR count). The highest BCUT2D eigenvalue weighted by atomic mass is 16.2. The van der Waals surface area contributed by atoms with E-state index in [1.54, 1.807) is 17.7 Å². The van der Waals surface area contributed by atoms with Crippen molar-refractivity contribution in [2.75, 3.05) is 13.1 Å². The van der Waals surface area contributed by atoms with Crippen LogP contribution in [-0.4, -0.2) is 37.3 Å². The zero-order valence-electron chi connectivity index (χ0n) is 13.9. The third-order valence-corrected chi connectivity index (χ3v) is 4.66. The van der Waals surface area contributed by atoms with Crippen LogP contribution in [0, 0.1) is 6.92 Å². The molecule has 1 atom stereocenters. The van der Waals surface area contributed by atoms with E-state index in [-0.39, 0.29) is 11.2 Å². The minimum absolute atomic E-state index is 0.250. The Labute approximate surface area is 134 Å². The zero-order chi connectivity index (χ0) is 16.6. The maximum absolute atomic E-state index is 12.0. The third-order valence-electron chi connectivity index (χ3n) is 4.66. The van der Waals surface area contributed by atoms with Crippen LogP contribution in [0.25, 0.3) is 0 Å². The molecule has 0 radical (unpaired) electrons. The first-order valence-electron chi connectivity index (χ1n) is 7.96. The van der Waals surface area contributed by atoms with Gasteiger partial charge in [-0.2, -0.15) is 5.10 Å². The number of aromatic nitrogens is 4. The molecule has 3 heterocycles. The summed E-state index contributed by atoms with van der Waals surface area (Å²) in [6, 6.07) is 3.66. The SMILES string of the molecule is Cc1cc([C@@H]2CCCN(Cc3cc(=O)n(C)c(=O)n3C)C2)n[nH]1. The first kappa shape index (κ1) is 15.7. The number of aryl methyl sites for hydroxylation is 1. The average molecular weight is 317 g/mol. The minimum atomic E-state index is -0.274. The zero-order valence-corrected chi connectivity index (χ0v) is 13.9. The van der Waals surface area contributed by atoms with E-state index in [4.69, 9.17) is 0 Å². The molecule has 0 aliphatic carbocycles. The second-order valence-corrected chi connectivity index (χ2v) is 6.42. The van der Waals surface area contributed by atoms with Gasteiger partial charge in [0, 0.05) is 50.6 Å². The number of nitrogens with one attached hydrogen (secondary N) is 1. The van der Waals surface area contributed by atoms with Gasteiger partial charge in [-0.15, -0.1) is 0 Å². The minimum Gasteiger partial charge on any atom is -0.299 e. The average Bonchev–Trinajstić information content (AvgIpc) is 2.97. The summed E-state index contributed by atoms with van der Waals surface area (Å²) >= 11 is 0. The van der Waals surface area contributed by atoms with Gasteiger partial charge in [0.25, 0.3) is 5.56 Å². The van der Waals surface area contributed by atoms with Gasteiger partial charge in [-0.1, -0.05) is 0 Å². The van der Waals surface area contributed by atoms with E-state index in [2.05, 4.69) is 21.2 Å². The molecule has 7 nitrogen and oxygen atoms in total. The van der Waals surface area contributed by atoms with E-state index in [9.17, 15) is 9.59 Å². The fourth-order valence-electron chi connectivity index (χ4n) is 3.25. The topological polar surface area (TPSA) is 75.9 Å². The molecule has 0 bridgehead atoms. The Morgan fingerprint density at radius 2 is 2.04 bits per heavy atom. The van der Waals surface area contributed by atoms with Crippen molar-refractivity contribution in [3.63, 3.8) is 0 Å². The molecule has 1 N–H and O–H groups in total. The van der Waals surface area contributed by atoms with Gasteiger partial charge in [-0.25, -0.2) is 4.79 Å². The largest absolute Gasteiger partial charge is 0.330 e. The Bertz CT molecular complexity index is 817. The predicted octanol–water partition coefficient (Wildman–Crippen LogP) is 0.495. The van der Waals surface area contributed by atoms with E-state index < -0.39 is 0 Å². The summed E-state index contributed by atoms with van der Waals surface area (Å²) in [5.41, 5.74) is 2.41. The van der Waals surface area contributed by atoms with Crippen LogP contribution >= 0.6 is 0 Å². The highest BCUT2D eigenvalue weighted by molar-refractivity contribution is 5.13. The fourth-order valence-corrected chi connectivity index (χ4v) is 3.25. The maximum Gasteiger partial charge on any atom is 0.330 e. The van der Waals surface area contributed by atoms with Crippen LogP contribution in [0.2, 0.25) is 0 Å². The molecule has 2 aromatic heterocycles. The Morgan fingerprint density at radius 3 is 2.74 bits per heavy atom. The number of H-pyrrole nitrogens is 1. The number of aromatic amines is 1.